The minimum Gasteiger partial charge on any atom is -0.371 e. The first-order valence-electron chi connectivity index (χ1n) is 8.14. The fourth-order valence-corrected chi connectivity index (χ4v) is 3.26. The number of para-hydroxylation sites is 2. The van der Waals surface area contributed by atoms with Crippen molar-refractivity contribution in [1.29, 1.82) is 0 Å². The van der Waals surface area contributed by atoms with Crippen molar-refractivity contribution in [2.75, 3.05) is 29.9 Å². The highest BCUT2D eigenvalue weighted by molar-refractivity contribution is 5.88. The standard InChI is InChI=1S/C19H20N4/c1-2-6-16(7-3-1)23-11-10-15(13-23)12-20-19-17-8-4-5-9-18(17)21-14-22-19/h1-9,14-15H,10-13H2,(H,20,21,22). The minimum atomic E-state index is 0.643. The lowest BCUT2D eigenvalue weighted by molar-refractivity contribution is 0.621. The first kappa shape index (κ1) is 14.0. The van der Waals surface area contributed by atoms with Crippen molar-refractivity contribution in [3.05, 3.63) is 60.9 Å². The predicted octanol–water partition coefficient (Wildman–Crippen LogP) is 3.57. The summed E-state index contributed by atoms with van der Waals surface area (Å²) in [6.07, 6.45) is 2.85. The van der Waals surface area contributed by atoms with Crippen LogP contribution in [-0.2, 0) is 0 Å². The second kappa shape index (κ2) is 6.24. The molecule has 116 valence electrons. The van der Waals surface area contributed by atoms with E-state index in [4.69, 9.17) is 0 Å². The van der Waals surface area contributed by atoms with Gasteiger partial charge in [0.05, 0.1) is 5.52 Å². The number of nitrogens with one attached hydrogen (secondary N) is 1. The highest BCUT2D eigenvalue weighted by Gasteiger charge is 2.22. The molecule has 4 rings (SSSR count). The lowest BCUT2D eigenvalue weighted by Crippen LogP contribution is -2.22. The summed E-state index contributed by atoms with van der Waals surface area (Å²) < 4.78 is 0. The van der Waals surface area contributed by atoms with Gasteiger partial charge in [-0.15, -0.1) is 0 Å². The molecule has 0 bridgehead atoms. The maximum Gasteiger partial charge on any atom is 0.137 e. The maximum atomic E-state index is 4.41. The van der Waals surface area contributed by atoms with E-state index in [0.717, 1.165) is 36.4 Å². The molecular formula is C19H20N4. The van der Waals surface area contributed by atoms with E-state index in [2.05, 4.69) is 56.6 Å². The van der Waals surface area contributed by atoms with E-state index < -0.39 is 0 Å². The topological polar surface area (TPSA) is 41.0 Å². The molecule has 0 aliphatic carbocycles. The number of benzene rings is 2. The average Bonchev–Trinajstić information content (AvgIpc) is 3.10. The maximum absolute atomic E-state index is 4.41. The Balaban J connectivity index is 1.42. The van der Waals surface area contributed by atoms with Gasteiger partial charge in [0.2, 0.25) is 0 Å². The molecule has 3 aromatic rings. The van der Waals surface area contributed by atoms with E-state index in [0.29, 0.717) is 5.92 Å². The van der Waals surface area contributed by atoms with Crippen LogP contribution in [0.3, 0.4) is 0 Å². The summed E-state index contributed by atoms with van der Waals surface area (Å²) in [6, 6.07) is 18.8. The van der Waals surface area contributed by atoms with Gasteiger partial charge in [0, 0.05) is 30.7 Å². The van der Waals surface area contributed by atoms with Gasteiger partial charge in [-0.2, -0.15) is 0 Å². The quantitative estimate of drug-likeness (QED) is 0.800. The summed E-state index contributed by atoms with van der Waals surface area (Å²) in [5.41, 5.74) is 2.31. The fraction of sp³-hybridized carbons (Fsp3) is 0.263. The van der Waals surface area contributed by atoms with Crippen LogP contribution in [0.15, 0.2) is 60.9 Å². The molecule has 1 N–H and O–H groups in total. The Bertz CT molecular complexity index is 782. The highest BCUT2D eigenvalue weighted by atomic mass is 15.2. The molecule has 1 fully saturated rings. The molecule has 23 heavy (non-hydrogen) atoms. The molecule has 4 heteroatoms. The predicted molar refractivity (Wildman–Crippen MR) is 94.8 cm³/mol. The van der Waals surface area contributed by atoms with E-state index in [1.807, 2.05) is 18.2 Å². The van der Waals surface area contributed by atoms with Crippen molar-refractivity contribution in [3.63, 3.8) is 0 Å². The van der Waals surface area contributed by atoms with Crippen LogP contribution < -0.4 is 10.2 Å². The Hall–Kier alpha value is -2.62. The first-order chi connectivity index (χ1) is 11.4. The molecule has 0 saturated carbocycles. The normalized spacial score (nSPS) is 17.6. The van der Waals surface area contributed by atoms with Crippen molar-refractivity contribution >= 4 is 22.4 Å². The molecular weight excluding hydrogens is 284 g/mol. The van der Waals surface area contributed by atoms with Gasteiger partial charge in [0.25, 0.3) is 0 Å². The van der Waals surface area contributed by atoms with E-state index in [1.165, 1.54) is 12.1 Å². The van der Waals surface area contributed by atoms with Crippen LogP contribution >= 0.6 is 0 Å². The van der Waals surface area contributed by atoms with E-state index in [9.17, 15) is 0 Å². The number of fused-ring (bicyclic) bond motifs is 1. The number of hydrogen-bond donors (Lipinski definition) is 1. The van der Waals surface area contributed by atoms with Crippen LogP contribution in [0.25, 0.3) is 10.9 Å². The Morgan fingerprint density at radius 2 is 1.83 bits per heavy atom. The molecule has 0 amide bonds. The fourth-order valence-electron chi connectivity index (χ4n) is 3.26. The molecule has 1 aromatic heterocycles. The zero-order valence-corrected chi connectivity index (χ0v) is 13.0. The minimum absolute atomic E-state index is 0.643. The second-order valence-electron chi connectivity index (χ2n) is 6.06. The summed E-state index contributed by atoms with van der Waals surface area (Å²) in [7, 11) is 0. The molecule has 1 unspecified atom stereocenters. The van der Waals surface area contributed by atoms with Crippen molar-refractivity contribution in [2.45, 2.75) is 6.42 Å². The van der Waals surface area contributed by atoms with Crippen LogP contribution in [0, 0.1) is 5.92 Å². The Kier molecular flexibility index (Phi) is 3.80. The van der Waals surface area contributed by atoms with Gasteiger partial charge >= 0.3 is 0 Å². The largest absolute Gasteiger partial charge is 0.371 e. The third-order valence-corrected chi connectivity index (χ3v) is 4.51. The second-order valence-corrected chi connectivity index (χ2v) is 6.06. The van der Waals surface area contributed by atoms with E-state index in [-0.39, 0.29) is 0 Å². The third kappa shape index (κ3) is 2.97. The number of hydrogen-bond acceptors (Lipinski definition) is 4. The van der Waals surface area contributed by atoms with Crippen molar-refractivity contribution in [1.82, 2.24) is 9.97 Å². The van der Waals surface area contributed by atoms with E-state index >= 15 is 0 Å². The lowest BCUT2D eigenvalue weighted by Gasteiger charge is -2.19. The van der Waals surface area contributed by atoms with Gasteiger partial charge in [-0.05, 0) is 36.6 Å². The number of nitrogens with zero attached hydrogens (tertiary/aromatic N) is 3. The monoisotopic (exact) mass is 304 g/mol. The highest BCUT2D eigenvalue weighted by Crippen LogP contribution is 2.24. The van der Waals surface area contributed by atoms with Crippen LogP contribution in [0.5, 0.6) is 0 Å². The van der Waals surface area contributed by atoms with E-state index in [1.54, 1.807) is 6.33 Å². The number of anilines is 2. The van der Waals surface area contributed by atoms with Gasteiger partial charge in [0.1, 0.15) is 12.1 Å². The van der Waals surface area contributed by atoms with Crippen molar-refractivity contribution in [2.24, 2.45) is 5.92 Å². The van der Waals surface area contributed by atoms with Crippen LogP contribution in [0.1, 0.15) is 6.42 Å². The van der Waals surface area contributed by atoms with Crippen LogP contribution in [0.4, 0.5) is 11.5 Å². The number of rotatable bonds is 4. The summed E-state index contributed by atoms with van der Waals surface area (Å²) in [6.45, 7) is 3.17. The molecule has 1 atom stereocenters. The Labute approximate surface area is 136 Å². The smallest absolute Gasteiger partial charge is 0.137 e. The van der Waals surface area contributed by atoms with Crippen molar-refractivity contribution in [3.8, 4) is 0 Å². The third-order valence-electron chi connectivity index (χ3n) is 4.51. The SMILES string of the molecule is c1ccc(N2CCC(CNc3ncnc4ccccc34)C2)cc1. The molecule has 1 saturated heterocycles. The summed E-state index contributed by atoms with van der Waals surface area (Å²) in [4.78, 5) is 11.2. The summed E-state index contributed by atoms with van der Waals surface area (Å²) in [5.74, 6) is 1.58. The molecule has 4 nitrogen and oxygen atoms in total. The average molecular weight is 304 g/mol. The Morgan fingerprint density at radius 3 is 2.74 bits per heavy atom. The molecule has 2 heterocycles. The molecule has 0 spiro atoms. The molecule has 1 aliphatic heterocycles. The molecule has 0 radical (unpaired) electrons. The van der Waals surface area contributed by atoms with Gasteiger partial charge < -0.3 is 10.2 Å². The van der Waals surface area contributed by atoms with Crippen LogP contribution in [-0.4, -0.2) is 29.6 Å². The van der Waals surface area contributed by atoms with Gasteiger partial charge in [0.15, 0.2) is 0 Å². The first-order valence-corrected chi connectivity index (χ1v) is 8.14. The zero-order chi connectivity index (χ0) is 15.5. The van der Waals surface area contributed by atoms with Gasteiger partial charge in [-0.3, -0.25) is 0 Å². The van der Waals surface area contributed by atoms with Crippen LogP contribution in [0.2, 0.25) is 0 Å². The summed E-state index contributed by atoms with van der Waals surface area (Å²) in [5, 5.41) is 4.61. The molecule has 2 aromatic carbocycles. The Morgan fingerprint density at radius 1 is 1.00 bits per heavy atom. The zero-order valence-electron chi connectivity index (χ0n) is 13.0. The lowest BCUT2D eigenvalue weighted by atomic mass is 10.1. The molecule has 1 aliphatic rings. The van der Waals surface area contributed by atoms with Gasteiger partial charge in [-0.25, -0.2) is 9.97 Å². The summed E-state index contributed by atoms with van der Waals surface area (Å²) >= 11 is 0. The number of aromatic nitrogens is 2. The van der Waals surface area contributed by atoms with Gasteiger partial charge in [-0.1, -0.05) is 30.3 Å². The van der Waals surface area contributed by atoms with Crippen molar-refractivity contribution < 1.29 is 0 Å².